The highest BCUT2D eigenvalue weighted by Crippen LogP contribution is 2.35. The molecule has 1 aliphatic heterocycles. The number of halogens is 2. The summed E-state index contributed by atoms with van der Waals surface area (Å²) < 4.78 is 13.2. The van der Waals surface area contributed by atoms with Crippen molar-refractivity contribution in [2.45, 2.75) is 44.8 Å². The molecule has 0 spiro atoms. The van der Waals surface area contributed by atoms with Gasteiger partial charge in [-0.25, -0.2) is 19.2 Å². The third kappa shape index (κ3) is 3.62. The molecule has 2 atom stereocenters. The molecule has 132 valence electrons. The lowest BCUT2D eigenvalue weighted by Crippen LogP contribution is -2.62. The Morgan fingerprint density at radius 3 is 2.54 bits per heavy atom. The van der Waals surface area contributed by atoms with E-state index >= 15 is 0 Å². The molecule has 2 rings (SSSR count). The first-order chi connectivity index (χ1) is 11.0. The van der Waals surface area contributed by atoms with Crippen LogP contribution in [0.3, 0.4) is 0 Å². The van der Waals surface area contributed by atoms with Gasteiger partial charge in [0.15, 0.2) is 0 Å². The molecule has 6 nitrogen and oxygen atoms in total. The Bertz CT molecular complexity index is 662. The van der Waals surface area contributed by atoms with Crippen molar-refractivity contribution in [3.63, 3.8) is 0 Å². The molecule has 1 fully saturated rings. The molecule has 0 saturated carbocycles. The zero-order valence-electron chi connectivity index (χ0n) is 13.7. The number of aliphatic hydroxyl groups is 1. The average Bonchev–Trinajstić information content (AvgIpc) is 2.41. The van der Waals surface area contributed by atoms with E-state index in [1.165, 1.54) is 12.1 Å². The highest BCUT2D eigenvalue weighted by atomic mass is 35.5. The Kier molecular flexibility index (Phi) is 5.05. The lowest BCUT2D eigenvalue weighted by molar-refractivity contribution is -0.166. The van der Waals surface area contributed by atoms with Crippen LogP contribution in [0.1, 0.15) is 38.7 Å². The van der Waals surface area contributed by atoms with Crippen molar-refractivity contribution in [1.29, 1.82) is 0 Å². The molecule has 1 aromatic rings. The topological polar surface area (TPSA) is 81.1 Å². The maximum absolute atomic E-state index is 13.2. The van der Waals surface area contributed by atoms with Crippen molar-refractivity contribution < 1.29 is 24.2 Å². The number of nitrogens with zero attached hydrogens (tertiary/aromatic N) is 2. The summed E-state index contributed by atoms with van der Waals surface area (Å²) in [5, 5.41) is 21.6. The van der Waals surface area contributed by atoms with E-state index in [1.807, 2.05) is 0 Å². The number of hydrogen-bond acceptors (Lipinski definition) is 3. The maximum atomic E-state index is 13.2. The smallest absolute Gasteiger partial charge is 0.426 e. The van der Waals surface area contributed by atoms with Gasteiger partial charge in [0.1, 0.15) is 5.82 Å². The summed E-state index contributed by atoms with van der Waals surface area (Å²) >= 11 is 6.03. The molecule has 1 saturated heterocycles. The summed E-state index contributed by atoms with van der Waals surface area (Å²) in [5.41, 5.74) is -0.513. The molecule has 0 radical (unpaired) electrons. The van der Waals surface area contributed by atoms with E-state index in [2.05, 4.69) is 0 Å². The van der Waals surface area contributed by atoms with E-state index in [-0.39, 0.29) is 18.0 Å². The number of β-amino-alcohol motifs (C(OH)–C–C–N with tert-alkyl or cyclic N) is 1. The van der Waals surface area contributed by atoms with Crippen LogP contribution < -0.4 is 0 Å². The zero-order valence-corrected chi connectivity index (χ0v) is 14.4. The predicted octanol–water partition coefficient (Wildman–Crippen LogP) is 2.85. The Hall–Kier alpha value is -1.86. The summed E-state index contributed by atoms with van der Waals surface area (Å²) in [7, 11) is 0. The Morgan fingerprint density at radius 1 is 1.42 bits per heavy atom. The molecular weight excluding hydrogens is 339 g/mol. The van der Waals surface area contributed by atoms with Crippen molar-refractivity contribution in [3.8, 4) is 0 Å². The molecule has 8 heteroatoms. The van der Waals surface area contributed by atoms with Gasteiger partial charge in [-0.3, -0.25) is 4.79 Å². The van der Waals surface area contributed by atoms with Crippen LogP contribution in [0.15, 0.2) is 18.2 Å². The number of carbonyl (C=O) groups excluding carboxylic acids is 1. The van der Waals surface area contributed by atoms with Gasteiger partial charge in [-0.05, 0) is 44.9 Å². The van der Waals surface area contributed by atoms with Crippen molar-refractivity contribution in [2.75, 3.05) is 6.54 Å². The molecule has 0 unspecified atom stereocenters. The van der Waals surface area contributed by atoms with Gasteiger partial charge in [-0.15, -0.1) is 0 Å². The van der Waals surface area contributed by atoms with Crippen LogP contribution in [-0.4, -0.2) is 50.4 Å². The van der Waals surface area contributed by atoms with Crippen LogP contribution in [0.25, 0.3) is 0 Å². The zero-order chi connectivity index (χ0) is 18.2. The fourth-order valence-corrected chi connectivity index (χ4v) is 3.19. The molecule has 2 N–H and O–H groups in total. The van der Waals surface area contributed by atoms with Crippen LogP contribution in [0.4, 0.5) is 9.18 Å². The third-order valence-electron chi connectivity index (χ3n) is 3.84. The number of carboxylic acid groups (broad SMARTS) is 1. The molecular formula is C16H20ClFN2O4. The van der Waals surface area contributed by atoms with Gasteiger partial charge >= 0.3 is 6.09 Å². The lowest BCUT2D eigenvalue weighted by atomic mass is 9.88. The molecule has 1 aromatic carbocycles. The summed E-state index contributed by atoms with van der Waals surface area (Å²) in [6.07, 6.45) is -2.12. The maximum Gasteiger partial charge on any atom is 0.426 e. The van der Waals surface area contributed by atoms with E-state index in [4.69, 9.17) is 11.6 Å². The van der Waals surface area contributed by atoms with Crippen molar-refractivity contribution >= 4 is 23.6 Å². The SMILES string of the molecule is CC(C)(C)N(C(=O)O)N1C[C@H](O)C[C@H](c2ccc(F)cc2Cl)C1=O. The van der Waals surface area contributed by atoms with Crippen LogP contribution in [0.2, 0.25) is 5.02 Å². The van der Waals surface area contributed by atoms with E-state index in [1.54, 1.807) is 20.8 Å². The molecule has 0 aliphatic carbocycles. The number of benzene rings is 1. The van der Waals surface area contributed by atoms with Crippen LogP contribution in [0, 0.1) is 5.82 Å². The second kappa shape index (κ2) is 6.57. The van der Waals surface area contributed by atoms with Crippen molar-refractivity contribution in [3.05, 3.63) is 34.6 Å². The Balaban J connectivity index is 2.42. The minimum absolute atomic E-state index is 0.0695. The first kappa shape index (κ1) is 18.5. The molecule has 2 amide bonds. The average molecular weight is 359 g/mol. The fourth-order valence-electron chi connectivity index (χ4n) is 2.89. The molecule has 1 heterocycles. The van der Waals surface area contributed by atoms with Gasteiger partial charge in [0, 0.05) is 5.02 Å². The number of aliphatic hydroxyl groups excluding tert-OH is 1. The molecule has 1 aliphatic rings. The van der Waals surface area contributed by atoms with Crippen LogP contribution >= 0.6 is 11.6 Å². The Labute approximate surface area is 144 Å². The minimum atomic E-state index is -1.30. The first-order valence-corrected chi connectivity index (χ1v) is 7.87. The number of hydrogen-bond donors (Lipinski definition) is 2. The van der Waals surface area contributed by atoms with Crippen LogP contribution in [0.5, 0.6) is 0 Å². The standard InChI is InChI=1S/C16H20ClFN2O4/c1-16(2,3)20(15(23)24)19-8-10(21)7-12(14(19)22)11-5-4-9(18)6-13(11)17/h4-6,10,12,21H,7-8H2,1-3H3,(H,23,24)/t10-,12-/m1/s1. The van der Waals surface area contributed by atoms with E-state index < -0.39 is 35.4 Å². The van der Waals surface area contributed by atoms with E-state index in [9.17, 15) is 24.2 Å². The summed E-state index contributed by atoms with van der Waals surface area (Å²) in [4.78, 5) is 24.5. The van der Waals surface area contributed by atoms with Gasteiger partial charge in [-0.2, -0.15) is 0 Å². The number of rotatable bonds is 2. The quantitative estimate of drug-likeness (QED) is 0.851. The van der Waals surface area contributed by atoms with Crippen molar-refractivity contribution in [2.24, 2.45) is 0 Å². The number of piperidine rings is 1. The van der Waals surface area contributed by atoms with Gasteiger partial charge in [-0.1, -0.05) is 17.7 Å². The second-order valence-electron chi connectivity index (χ2n) is 6.79. The molecule has 24 heavy (non-hydrogen) atoms. The lowest BCUT2D eigenvalue weighted by Gasteiger charge is -2.46. The molecule has 0 aromatic heterocycles. The number of carbonyl (C=O) groups is 2. The normalized spacial score (nSPS) is 21.8. The number of hydrazine groups is 1. The van der Waals surface area contributed by atoms with E-state index in [0.29, 0.717) is 5.56 Å². The third-order valence-corrected chi connectivity index (χ3v) is 4.17. The minimum Gasteiger partial charge on any atom is -0.464 e. The highest BCUT2D eigenvalue weighted by molar-refractivity contribution is 6.31. The van der Waals surface area contributed by atoms with Gasteiger partial charge in [0.05, 0.1) is 24.1 Å². The predicted molar refractivity (Wildman–Crippen MR) is 86.1 cm³/mol. The highest BCUT2D eigenvalue weighted by Gasteiger charge is 2.43. The largest absolute Gasteiger partial charge is 0.464 e. The first-order valence-electron chi connectivity index (χ1n) is 7.50. The number of amides is 2. The van der Waals surface area contributed by atoms with Gasteiger partial charge in [0.25, 0.3) is 0 Å². The van der Waals surface area contributed by atoms with Gasteiger partial charge < -0.3 is 10.2 Å². The monoisotopic (exact) mass is 358 g/mol. The molecule has 0 bridgehead atoms. The van der Waals surface area contributed by atoms with E-state index in [0.717, 1.165) is 16.1 Å². The fraction of sp³-hybridized carbons (Fsp3) is 0.500. The summed E-state index contributed by atoms with van der Waals surface area (Å²) in [5.74, 6) is -1.87. The van der Waals surface area contributed by atoms with Crippen LogP contribution in [-0.2, 0) is 4.79 Å². The Morgan fingerprint density at radius 2 is 2.04 bits per heavy atom. The van der Waals surface area contributed by atoms with Crippen molar-refractivity contribution in [1.82, 2.24) is 10.0 Å². The second-order valence-corrected chi connectivity index (χ2v) is 7.20. The summed E-state index contributed by atoms with van der Waals surface area (Å²) in [6, 6.07) is 3.66. The summed E-state index contributed by atoms with van der Waals surface area (Å²) in [6.45, 7) is 4.82. The van der Waals surface area contributed by atoms with Gasteiger partial charge in [0.2, 0.25) is 5.91 Å².